The van der Waals surface area contributed by atoms with Crippen molar-refractivity contribution in [2.24, 2.45) is 0 Å². The number of nitrogens with one attached hydrogen (secondary N) is 1. The number of aromatic amines is 1. The number of halogens is 1. The van der Waals surface area contributed by atoms with Gasteiger partial charge >= 0.3 is 0 Å². The minimum absolute atomic E-state index is 0. The van der Waals surface area contributed by atoms with Crippen LogP contribution in [0.4, 0.5) is 5.95 Å². The maximum Gasteiger partial charge on any atom is 0.278 e. The molecule has 0 radical (unpaired) electrons. The predicted molar refractivity (Wildman–Crippen MR) is 101 cm³/mol. The standard InChI is InChI=1S/C18H15N5O.ClH/c19-18-21-16-15(17(24)22-18)23(11-20-16)10-12-6-8-14(9-7-12)13-4-2-1-3-5-13;/h1-9,11H,10H2,(H3,19,21,22,24);1H. The maximum atomic E-state index is 12.1. The molecule has 4 aromatic rings. The summed E-state index contributed by atoms with van der Waals surface area (Å²) in [5, 5.41) is 0. The fourth-order valence-corrected chi connectivity index (χ4v) is 2.75. The van der Waals surface area contributed by atoms with Gasteiger partial charge in [-0.3, -0.25) is 9.78 Å². The zero-order valence-corrected chi connectivity index (χ0v) is 14.0. The van der Waals surface area contributed by atoms with E-state index in [-0.39, 0.29) is 23.9 Å². The molecule has 25 heavy (non-hydrogen) atoms. The van der Waals surface area contributed by atoms with Crippen LogP contribution in [0.3, 0.4) is 0 Å². The third kappa shape index (κ3) is 3.25. The van der Waals surface area contributed by atoms with E-state index < -0.39 is 0 Å². The second-order valence-electron chi connectivity index (χ2n) is 5.56. The fourth-order valence-electron chi connectivity index (χ4n) is 2.75. The SMILES string of the molecule is Cl.Nc1nc2ncn(Cc3ccc(-c4ccccc4)cc3)c2c(=O)[nH]1. The molecule has 2 heterocycles. The molecule has 126 valence electrons. The molecule has 0 saturated heterocycles. The minimum Gasteiger partial charge on any atom is -0.369 e. The van der Waals surface area contributed by atoms with Crippen LogP contribution in [0.1, 0.15) is 5.56 Å². The highest BCUT2D eigenvalue weighted by molar-refractivity contribution is 5.85. The molecule has 4 rings (SSSR count). The average Bonchev–Trinajstić information content (AvgIpc) is 2.99. The van der Waals surface area contributed by atoms with Crippen LogP contribution < -0.4 is 11.3 Å². The number of nitrogens with two attached hydrogens (primary N) is 1. The number of hydrogen-bond acceptors (Lipinski definition) is 4. The molecule has 0 atom stereocenters. The number of nitrogen functional groups attached to an aromatic ring is 1. The van der Waals surface area contributed by atoms with Gasteiger partial charge in [0.15, 0.2) is 11.2 Å². The van der Waals surface area contributed by atoms with E-state index in [4.69, 9.17) is 5.73 Å². The number of benzene rings is 2. The molecule has 0 amide bonds. The van der Waals surface area contributed by atoms with Gasteiger partial charge in [0.1, 0.15) is 0 Å². The largest absolute Gasteiger partial charge is 0.369 e. The van der Waals surface area contributed by atoms with E-state index in [0.29, 0.717) is 17.7 Å². The highest BCUT2D eigenvalue weighted by atomic mass is 35.5. The summed E-state index contributed by atoms with van der Waals surface area (Å²) in [4.78, 5) is 22.8. The van der Waals surface area contributed by atoms with Crippen molar-refractivity contribution in [2.45, 2.75) is 6.54 Å². The number of anilines is 1. The number of fused-ring (bicyclic) bond motifs is 1. The summed E-state index contributed by atoms with van der Waals surface area (Å²) in [7, 11) is 0. The van der Waals surface area contributed by atoms with Gasteiger partial charge in [0, 0.05) is 6.54 Å². The van der Waals surface area contributed by atoms with E-state index in [1.807, 2.05) is 30.3 Å². The molecule has 0 aliphatic rings. The second kappa shape index (κ2) is 6.78. The summed E-state index contributed by atoms with van der Waals surface area (Å²) in [5.41, 5.74) is 9.45. The van der Waals surface area contributed by atoms with Gasteiger partial charge in [-0.1, -0.05) is 54.6 Å². The van der Waals surface area contributed by atoms with Crippen LogP contribution in [-0.2, 0) is 6.54 Å². The zero-order chi connectivity index (χ0) is 16.5. The van der Waals surface area contributed by atoms with Crippen LogP contribution in [0.15, 0.2) is 65.7 Å². The van der Waals surface area contributed by atoms with Crippen LogP contribution in [-0.4, -0.2) is 19.5 Å². The molecule has 0 aliphatic heterocycles. The molecule has 3 N–H and O–H groups in total. The quantitative estimate of drug-likeness (QED) is 0.592. The molecule has 0 saturated carbocycles. The molecule has 0 bridgehead atoms. The van der Waals surface area contributed by atoms with Crippen LogP contribution in [0, 0.1) is 0 Å². The maximum absolute atomic E-state index is 12.1. The minimum atomic E-state index is -0.282. The highest BCUT2D eigenvalue weighted by Crippen LogP contribution is 2.20. The van der Waals surface area contributed by atoms with Crippen molar-refractivity contribution < 1.29 is 0 Å². The summed E-state index contributed by atoms with van der Waals surface area (Å²) in [6, 6.07) is 18.4. The molecule has 0 aliphatic carbocycles. The zero-order valence-electron chi connectivity index (χ0n) is 13.2. The lowest BCUT2D eigenvalue weighted by Crippen LogP contribution is -2.14. The van der Waals surface area contributed by atoms with Crippen molar-refractivity contribution >= 4 is 29.5 Å². The Labute approximate surface area is 149 Å². The molecule has 0 spiro atoms. The topological polar surface area (TPSA) is 89.6 Å². The van der Waals surface area contributed by atoms with E-state index in [1.165, 1.54) is 5.56 Å². The smallest absolute Gasteiger partial charge is 0.278 e. The Morgan fingerprint density at radius 3 is 2.40 bits per heavy atom. The normalized spacial score (nSPS) is 10.6. The van der Waals surface area contributed by atoms with Crippen LogP contribution >= 0.6 is 12.4 Å². The lowest BCUT2D eigenvalue weighted by atomic mass is 10.0. The first-order valence-corrected chi connectivity index (χ1v) is 7.56. The van der Waals surface area contributed by atoms with Crippen molar-refractivity contribution in [3.8, 4) is 11.1 Å². The van der Waals surface area contributed by atoms with Crippen LogP contribution in [0.2, 0.25) is 0 Å². The van der Waals surface area contributed by atoms with Gasteiger partial charge < -0.3 is 10.3 Å². The molecule has 0 unspecified atom stereocenters. The Kier molecular flexibility index (Phi) is 4.54. The van der Waals surface area contributed by atoms with Gasteiger partial charge in [-0.15, -0.1) is 12.4 Å². The monoisotopic (exact) mass is 353 g/mol. The number of imidazole rings is 1. The van der Waals surface area contributed by atoms with E-state index >= 15 is 0 Å². The molecular formula is C18H16ClN5O. The Hall–Kier alpha value is -3.12. The van der Waals surface area contributed by atoms with Gasteiger partial charge in [0.25, 0.3) is 5.56 Å². The summed E-state index contributed by atoms with van der Waals surface area (Å²) >= 11 is 0. The summed E-state index contributed by atoms with van der Waals surface area (Å²) in [5.74, 6) is 0.0740. The predicted octanol–water partition coefficient (Wildman–Crippen LogP) is 2.84. The average molecular weight is 354 g/mol. The van der Waals surface area contributed by atoms with Crippen LogP contribution in [0.5, 0.6) is 0 Å². The second-order valence-corrected chi connectivity index (χ2v) is 5.56. The van der Waals surface area contributed by atoms with Gasteiger partial charge in [-0.05, 0) is 16.7 Å². The molecule has 6 nitrogen and oxygen atoms in total. The van der Waals surface area contributed by atoms with Gasteiger partial charge in [-0.2, -0.15) is 4.98 Å². The van der Waals surface area contributed by atoms with Crippen molar-refractivity contribution in [3.63, 3.8) is 0 Å². The first-order chi connectivity index (χ1) is 11.7. The first-order valence-electron chi connectivity index (χ1n) is 7.56. The Balaban J connectivity index is 0.00000182. The van der Waals surface area contributed by atoms with Crippen molar-refractivity contribution in [1.29, 1.82) is 0 Å². The number of rotatable bonds is 3. The van der Waals surface area contributed by atoms with E-state index in [1.54, 1.807) is 10.9 Å². The van der Waals surface area contributed by atoms with Crippen LogP contribution in [0.25, 0.3) is 22.3 Å². The fraction of sp³-hybridized carbons (Fsp3) is 0.0556. The number of aromatic nitrogens is 4. The Bertz CT molecular complexity index is 1050. The number of nitrogens with zero attached hydrogens (tertiary/aromatic N) is 3. The third-order valence-corrected chi connectivity index (χ3v) is 3.92. The number of H-pyrrole nitrogens is 1. The number of hydrogen-bond donors (Lipinski definition) is 2. The molecule has 7 heteroatoms. The Morgan fingerprint density at radius 1 is 1.00 bits per heavy atom. The molecule has 0 fully saturated rings. The molecule has 2 aromatic carbocycles. The van der Waals surface area contributed by atoms with E-state index in [2.05, 4.69) is 39.2 Å². The van der Waals surface area contributed by atoms with Gasteiger partial charge in [0.2, 0.25) is 5.95 Å². The van der Waals surface area contributed by atoms with Gasteiger partial charge in [0.05, 0.1) is 6.33 Å². The summed E-state index contributed by atoms with van der Waals surface area (Å²) < 4.78 is 1.78. The summed E-state index contributed by atoms with van der Waals surface area (Å²) in [6.45, 7) is 0.542. The van der Waals surface area contributed by atoms with E-state index in [0.717, 1.165) is 11.1 Å². The van der Waals surface area contributed by atoms with Crippen molar-refractivity contribution in [1.82, 2.24) is 19.5 Å². The van der Waals surface area contributed by atoms with Crippen molar-refractivity contribution in [3.05, 3.63) is 76.8 Å². The Morgan fingerprint density at radius 2 is 1.68 bits per heavy atom. The van der Waals surface area contributed by atoms with E-state index in [9.17, 15) is 4.79 Å². The lowest BCUT2D eigenvalue weighted by molar-refractivity contribution is 0.820. The van der Waals surface area contributed by atoms with Crippen molar-refractivity contribution in [2.75, 3.05) is 5.73 Å². The first kappa shape index (κ1) is 16.7. The molecular weight excluding hydrogens is 338 g/mol. The molecule has 2 aromatic heterocycles. The summed E-state index contributed by atoms with van der Waals surface area (Å²) in [6.07, 6.45) is 1.61. The highest BCUT2D eigenvalue weighted by Gasteiger charge is 2.09. The lowest BCUT2D eigenvalue weighted by Gasteiger charge is -2.06. The third-order valence-electron chi connectivity index (χ3n) is 3.92. The van der Waals surface area contributed by atoms with Gasteiger partial charge in [-0.25, -0.2) is 4.98 Å².